The Labute approximate surface area is 180 Å². The summed E-state index contributed by atoms with van der Waals surface area (Å²) in [5, 5.41) is 3.56. The summed E-state index contributed by atoms with van der Waals surface area (Å²) < 4.78 is 6.58. The SMILES string of the molecule is CN1C=CC=C2C(=NCCCN)NC(c3ccc(N4CCOCC4)c(Br)c3)=CC21. The van der Waals surface area contributed by atoms with E-state index >= 15 is 0 Å². The summed E-state index contributed by atoms with van der Waals surface area (Å²) in [5.74, 6) is 0.936. The van der Waals surface area contributed by atoms with Crippen molar-refractivity contribution in [2.45, 2.75) is 12.5 Å². The Morgan fingerprint density at radius 2 is 2.14 bits per heavy atom. The Morgan fingerprint density at radius 3 is 2.90 bits per heavy atom. The molecule has 3 aliphatic heterocycles. The summed E-state index contributed by atoms with van der Waals surface area (Å²) in [7, 11) is 2.10. The third-order valence-electron chi connectivity index (χ3n) is 5.45. The molecule has 29 heavy (non-hydrogen) atoms. The van der Waals surface area contributed by atoms with Crippen LogP contribution in [-0.2, 0) is 4.74 Å². The second-order valence-electron chi connectivity index (χ2n) is 7.42. The van der Waals surface area contributed by atoms with Gasteiger partial charge in [0.1, 0.15) is 5.84 Å². The normalized spacial score (nSPS) is 22.9. The lowest BCUT2D eigenvalue weighted by molar-refractivity contribution is 0.122. The van der Waals surface area contributed by atoms with Crippen LogP contribution < -0.4 is 16.0 Å². The van der Waals surface area contributed by atoms with Gasteiger partial charge in [-0.3, -0.25) is 4.99 Å². The molecule has 4 rings (SSSR count). The van der Waals surface area contributed by atoms with Crippen LogP contribution in [0.1, 0.15) is 12.0 Å². The number of nitrogens with one attached hydrogen (secondary N) is 1. The van der Waals surface area contributed by atoms with E-state index in [1.165, 1.54) is 11.3 Å². The number of aliphatic imine (C=N–C) groups is 1. The van der Waals surface area contributed by atoms with Crippen LogP contribution in [0.15, 0.2) is 57.7 Å². The summed E-state index contributed by atoms with van der Waals surface area (Å²) in [5.41, 5.74) is 10.3. The third kappa shape index (κ3) is 4.42. The molecule has 0 radical (unpaired) electrons. The predicted molar refractivity (Wildman–Crippen MR) is 123 cm³/mol. The topological polar surface area (TPSA) is 66.1 Å². The summed E-state index contributed by atoms with van der Waals surface area (Å²) in [6.07, 6.45) is 9.46. The Kier molecular flexibility index (Phi) is 6.37. The van der Waals surface area contributed by atoms with E-state index in [4.69, 9.17) is 15.5 Å². The number of fused-ring (bicyclic) bond motifs is 1. The van der Waals surface area contributed by atoms with Crippen LogP contribution in [0, 0.1) is 0 Å². The van der Waals surface area contributed by atoms with Crippen molar-refractivity contribution >= 4 is 33.1 Å². The first-order valence-electron chi connectivity index (χ1n) is 10.1. The first kappa shape index (κ1) is 20.2. The molecule has 0 bridgehead atoms. The zero-order valence-electron chi connectivity index (χ0n) is 16.8. The molecule has 1 atom stereocenters. The Balaban J connectivity index is 1.63. The van der Waals surface area contributed by atoms with Crippen molar-refractivity contribution < 1.29 is 4.74 Å². The van der Waals surface area contributed by atoms with Crippen LogP contribution in [0.2, 0.25) is 0 Å². The minimum Gasteiger partial charge on any atom is -0.378 e. The molecular formula is C22H28BrN5O. The van der Waals surface area contributed by atoms with Crippen molar-refractivity contribution in [3.8, 4) is 0 Å². The minimum absolute atomic E-state index is 0.172. The highest BCUT2D eigenvalue weighted by Gasteiger charge is 2.28. The lowest BCUT2D eigenvalue weighted by Crippen LogP contribution is -2.42. The fraction of sp³-hybridized carbons (Fsp3) is 0.409. The first-order chi connectivity index (χ1) is 14.2. The van der Waals surface area contributed by atoms with E-state index in [0.29, 0.717) is 6.54 Å². The Hall–Kier alpha value is -2.09. The number of likely N-dealkylation sites (N-methyl/N-ethyl adjacent to an activating group) is 1. The van der Waals surface area contributed by atoms with Crippen molar-refractivity contribution in [1.82, 2.24) is 10.2 Å². The number of benzene rings is 1. The molecule has 1 aromatic carbocycles. The highest BCUT2D eigenvalue weighted by molar-refractivity contribution is 9.10. The third-order valence-corrected chi connectivity index (χ3v) is 6.08. The van der Waals surface area contributed by atoms with Gasteiger partial charge < -0.3 is 25.6 Å². The van der Waals surface area contributed by atoms with Gasteiger partial charge in [-0.2, -0.15) is 0 Å². The number of ether oxygens (including phenoxy) is 1. The monoisotopic (exact) mass is 457 g/mol. The van der Waals surface area contributed by atoms with Crippen LogP contribution >= 0.6 is 15.9 Å². The summed E-state index contributed by atoms with van der Waals surface area (Å²) in [6, 6.07) is 6.73. The van der Waals surface area contributed by atoms with Gasteiger partial charge in [-0.1, -0.05) is 12.1 Å². The van der Waals surface area contributed by atoms with Crippen LogP contribution in [0.3, 0.4) is 0 Å². The molecule has 3 heterocycles. The molecule has 0 saturated carbocycles. The van der Waals surface area contributed by atoms with Gasteiger partial charge in [0.15, 0.2) is 0 Å². The van der Waals surface area contributed by atoms with Crippen molar-refractivity contribution in [3.05, 3.63) is 58.2 Å². The lowest BCUT2D eigenvalue weighted by Gasteiger charge is -2.35. The van der Waals surface area contributed by atoms with Crippen molar-refractivity contribution in [1.29, 1.82) is 0 Å². The van der Waals surface area contributed by atoms with Gasteiger partial charge in [-0.05, 0) is 64.9 Å². The zero-order valence-corrected chi connectivity index (χ0v) is 18.4. The molecule has 1 fully saturated rings. The predicted octanol–water partition coefficient (Wildman–Crippen LogP) is 2.73. The molecule has 7 heteroatoms. The largest absolute Gasteiger partial charge is 0.378 e. The fourth-order valence-electron chi connectivity index (χ4n) is 3.84. The van der Waals surface area contributed by atoms with Crippen LogP contribution in [0.25, 0.3) is 5.70 Å². The van der Waals surface area contributed by atoms with E-state index in [0.717, 1.165) is 60.8 Å². The molecule has 1 aromatic rings. The van der Waals surface area contributed by atoms with Gasteiger partial charge in [0.2, 0.25) is 0 Å². The van der Waals surface area contributed by atoms with Gasteiger partial charge in [0.25, 0.3) is 0 Å². The summed E-state index contributed by atoms with van der Waals surface area (Å²) in [6.45, 7) is 4.77. The van der Waals surface area contributed by atoms with Gasteiger partial charge in [0, 0.05) is 42.4 Å². The number of hydrogen-bond donors (Lipinski definition) is 2. The lowest BCUT2D eigenvalue weighted by atomic mass is 9.94. The molecule has 3 aliphatic rings. The summed E-state index contributed by atoms with van der Waals surface area (Å²) >= 11 is 3.78. The highest BCUT2D eigenvalue weighted by Crippen LogP contribution is 2.32. The van der Waals surface area contributed by atoms with Gasteiger partial charge >= 0.3 is 0 Å². The number of hydrogen-bond acceptors (Lipinski definition) is 5. The van der Waals surface area contributed by atoms with Gasteiger partial charge in [0.05, 0.1) is 24.9 Å². The molecule has 3 N–H and O–H groups in total. The maximum Gasteiger partial charge on any atom is 0.131 e. The fourth-order valence-corrected chi connectivity index (χ4v) is 4.46. The van der Waals surface area contributed by atoms with Crippen molar-refractivity contribution in [2.24, 2.45) is 10.7 Å². The standard InChI is InChI=1S/C22H28BrN5O/c1-27-9-2-4-17-21(27)15-19(26-22(17)25-8-3-7-24)16-5-6-20(18(23)14-16)28-10-12-29-13-11-28/h2,4-6,9,14-15,21H,3,7-8,10-13,24H2,1H3,(H,25,26). The quantitative estimate of drug-likeness (QED) is 0.665. The van der Waals surface area contributed by atoms with E-state index in [1.807, 2.05) is 0 Å². The smallest absolute Gasteiger partial charge is 0.131 e. The molecule has 1 saturated heterocycles. The van der Waals surface area contributed by atoms with Crippen LogP contribution in [0.4, 0.5) is 5.69 Å². The average Bonchev–Trinajstić information content (AvgIpc) is 2.75. The molecule has 1 unspecified atom stereocenters. The number of rotatable bonds is 5. The number of morpholine rings is 1. The number of halogens is 1. The molecular weight excluding hydrogens is 430 g/mol. The van der Waals surface area contributed by atoms with Gasteiger partial charge in [-0.15, -0.1) is 0 Å². The first-order valence-corrected chi connectivity index (χ1v) is 10.9. The second-order valence-corrected chi connectivity index (χ2v) is 8.27. The molecule has 0 aliphatic carbocycles. The number of anilines is 1. The average molecular weight is 458 g/mol. The number of amidine groups is 1. The minimum atomic E-state index is 0.172. The summed E-state index contributed by atoms with van der Waals surface area (Å²) in [4.78, 5) is 9.38. The van der Waals surface area contributed by atoms with E-state index in [-0.39, 0.29) is 6.04 Å². The molecule has 0 spiro atoms. The molecule has 0 aromatic heterocycles. The van der Waals surface area contributed by atoms with Crippen LogP contribution in [0.5, 0.6) is 0 Å². The van der Waals surface area contributed by atoms with Crippen molar-refractivity contribution in [3.63, 3.8) is 0 Å². The zero-order chi connectivity index (χ0) is 20.2. The van der Waals surface area contributed by atoms with Crippen LogP contribution in [-0.4, -0.2) is 63.2 Å². The number of allylic oxidation sites excluding steroid dienone is 2. The number of nitrogens with two attached hydrogens (primary N) is 1. The Bertz CT molecular complexity index is 870. The van der Waals surface area contributed by atoms with E-state index in [2.05, 4.69) is 80.7 Å². The van der Waals surface area contributed by atoms with E-state index in [1.54, 1.807) is 0 Å². The van der Waals surface area contributed by atoms with E-state index < -0.39 is 0 Å². The second kappa shape index (κ2) is 9.15. The highest BCUT2D eigenvalue weighted by atomic mass is 79.9. The maximum absolute atomic E-state index is 5.66. The van der Waals surface area contributed by atoms with E-state index in [9.17, 15) is 0 Å². The molecule has 154 valence electrons. The van der Waals surface area contributed by atoms with Crippen molar-refractivity contribution in [2.75, 3.05) is 51.3 Å². The molecule has 6 nitrogen and oxygen atoms in total. The number of nitrogens with zero attached hydrogens (tertiary/aromatic N) is 3. The Morgan fingerprint density at radius 1 is 1.31 bits per heavy atom. The maximum atomic E-state index is 5.66. The van der Waals surface area contributed by atoms with Gasteiger partial charge in [-0.25, -0.2) is 0 Å². The molecule has 0 amide bonds.